The fraction of sp³-hybridized carbons (Fsp3) is 0.429. The smallest absolute Gasteiger partial charge is 0.270 e. The molecule has 2 heterocycles. The molecule has 0 fully saturated rings. The number of carbonyl (C=O) groups is 1. The highest BCUT2D eigenvalue weighted by atomic mass is 16.1. The lowest BCUT2D eigenvalue weighted by Gasteiger charge is -2.08. The fourth-order valence-corrected chi connectivity index (χ4v) is 1.97. The van der Waals surface area contributed by atoms with Gasteiger partial charge in [0.05, 0.1) is 5.69 Å². The summed E-state index contributed by atoms with van der Waals surface area (Å²) < 4.78 is 1.86. The van der Waals surface area contributed by atoms with Gasteiger partial charge in [-0.2, -0.15) is 0 Å². The molecule has 4 heteroatoms. The van der Waals surface area contributed by atoms with Crippen molar-refractivity contribution in [3.05, 3.63) is 35.3 Å². The number of rotatable bonds is 3. The first kappa shape index (κ1) is 12.6. The lowest BCUT2D eigenvalue weighted by molar-refractivity contribution is 0.0942. The molecule has 0 radical (unpaired) electrons. The first-order valence-corrected chi connectivity index (χ1v) is 6.23. The molecule has 0 aliphatic rings. The molecule has 0 aliphatic carbocycles. The third-order valence-corrected chi connectivity index (χ3v) is 2.91. The molecule has 2 rings (SSSR count). The largest absolute Gasteiger partial charge is 0.350 e. The molecule has 0 unspecified atom stereocenters. The standard InChI is InChI=1S/C14H19N3O/c1-9(2)8-15-14(18)12-11(4)16-13-10(3)6-5-7-17(12)13/h5-7,9H,8H2,1-4H3,(H,15,18). The lowest BCUT2D eigenvalue weighted by Crippen LogP contribution is -2.28. The highest BCUT2D eigenvalue weighted by molar-refractivity contribution is 5.94. The van der Waals surface area contributed by atoms with Crippen molar-refractivity contribution in [2.75, 3.05) is 6.54 Å². The Hall–Kier alpha value is -1.84. The van der Waals surface area contributed by atoms with Crippen molar-refractivity contribution >= 4 is 11.6 Å². The monoisotopic (exact) mass is 245 g/mol. The van der Waals surface area contributed by atoms with Gasteiger partial charge < -0.3 is 5.32 Å². The highest BCUT2D eigenvalue weighted by Crippen LogP contribution is 2.15. The van der Waals surface area contributed by atoms with Gasteiger partial charge in [-0.25, -0.2) is 4.98 Å². The second-order valence-corrected chi connectivity index (χ2v) is 5.03. The summed E-state index contributed by atoms with van der Waals surface area (Å²) >= 11 is 0. The number of hydrogen-bond donors (Lipinski definition) is 1. The number of fused-ring (bicyclic) bond motifs is 1. The van der Waals surface area contributed by atoms with Crippen molar-refractivity contribution < 1.29 is 4.79 Å². The molecule has 2 aromatic heterocycles. The summed E-state index contributed by atoms with van der Waals surface area (Å²) in [5.74, 6) is 0.384. The van der Waals surface area contributed by atoms with Gasteiger partial charge in [-0.1, -0.05) is 19.9 Å². The van der Waals surface area contributed by atoms with Crippen molar-refractivity contribution in [2.24, 2.45) is 5.92 Å². The van der Waals surface area contributed by atoms with Crippen LogP contribution in [0.4, 0.5) is 0 Å². The van der Waals surface area contributed by atoms with E-state index in [9.17, 15) is 4.79 Å². The van der Waals surface area contributed by atoms with E-state index < -0.39 is 0 Å². The Balaban J connectivity index is 2.41. The molecule has 0 spiro atoms. The Kier molecular flexibility index (Phi) is 3.36. The number of pyridine rings is 1. The molecule has 96 valence electrons. The van der Waals surface area contributed by atoms with Crippen LogP contribution < -0.4 is 5.32 Å². The molecular formula is C14H19N3O. The minimum Gasteiger partial charge on any atom is -0.350 e. The topological polar surface area (TPSA) is 46.4 Å². The molecule has 1 N–H and O–H groups in total. The Morgan fingerprint density at radius 3 is 2.83 bits per heavy atom. The first-order valence-electron chi connectivity index (χ1n) is 6.23. The van der Waals surface area contributed by atoms with Gasteiger partial charge in [0, 0.05) is 12.7 Å². The predicted molar refractivity (Wildman–Crippen MR) is 71.8 cm³/mol. The Labute approximate surface area is 107 Å². The molecule has 0 bridgehead atoms. The van der Waals surface area contributed by atoms with Crippen LogP contribution in [0.1, 0.15) is 35.6 Å². The zero-order valence-electron chi connectivity index (χ0n) is 11.3. The number of amides is 1. The predicted octanol–water partition coefficient (Wildman–Crippen LogP) is 2.34. The maximum absolute atomic E-state index is 12.2. The normalized spacial score (nSPS) is 11.2. The zero-order valence-corrected chi connectivity index (χ0v) is 11.3. The van der Waals surface area contributed by atoms with Crippen molar-refractivity contribution in [2.45, 2.75) is 27.7 Å². The zero-order chi connectivity index (χ0) is 13.3. The second-order valence-electron chi connectivity index (χ2n) is 5.03. The maximum Gasteiger partial charge on any atom is 0.270 e. The molecule has 18 heavy (non-hydrogen) atoms. The highest BCUT2D eigenvalue weighted by Gasteiger charge is 2.16. The van der Waals surface area contributed by atoms with Gasteiger partial charge >= 0.3 is 0 Å². The van der Waals surface area contributed by atoms with Crippen LogP contribution in [-0.2, 0) is 0 Å². The van der Waals surface area contributed by atoms with Crippen LogP contribution in [0.3, 0.4) is 0 Å². The van der Waals surface area contributed by atoms with Gasteiger partial charge in [0.25, 0.3) is 5.91 Å². The average molecular weight is 245 g/mol. The number of imidazole rings is 1. The van der Waals surface area contributed by atoms with E-state index >= 15 is 0 Å². The quantitative estimate of drug-likeness (QED) is 0.902. The summed E-state index contributed by atoms with van der Waals surface area (Å²) in [7, 11) is 0. The van der Waals surface area contributed by atoms with E-state index in [4.69, 9.17) is 0 Å². The summed E-state index contributed by atoms with van der Waals surface area (Å²) in [6, 6.07) is 3.93. The summed E-state index contributed by atoms with van der Waals surface area (Å²) in [5.41, 5.74) is 3.33. The fourth-order valence-electron chi connectivity index (χ4n) is 1.97. The van der Waals surface area contributed by atoms with Gasteiger partial charge in [-0.15, -0.1) is 0 Å². The summed E-state index contributed by atoms with van der Waals surface area (Å²) in [4.78, 5) is 16.6. The summed E-state index contributed by atoms with van der Waals surface area (Å²) in [5, 5.41) is 2.94. The van der Waals surface area contributed by atoms with Gasteiger partial charge in [-0.3, -0.25) is 9.20 Å². The minimum atomic E-state index is -0.0562. The van der Waals surface area contributed by atoms with Crippen LogP contribution in [0.25, 0.3) is 5.65 Å². The molecule has 4 nitrogen and oxygen atoms in total. The first-order chi connectivity index (χ1) is 8.50. The molecule has 0 saturated heterocycles. The van der Waals surface area contributed by atoms with E-state index in [-0.39, 0.29) is 5.91 Å². The van der Waals surface area contributed by atoms with Gasteiger partial charge in [0.15, 0.2) is 0 Å². The SMILES string of the molecule is Cc1nc2c(C)cccn2c1C(=O)NCC(C)C. The third kappa shape index (κ3) is 2.23. The van der Waals surface area contributed by atoms with E-state index in [1.807, 2.05) is 36.6 Å². The summed E-state index contributed by atoms with van der Waals surface area (Å²) in [6.07, 6.45) is 1.88. The van der Waals surface area contributed by atoms with Crippen molar-refractivity contribution in [1.82, 2.24) is 14.7 Å². The van der Waals surface area contributed by atoms with Crippen molar-refractivity contribution in [1.29, 1.82) is 0 Å². The van der Waals surface area contributed by atoms with Crippen LogP contribution in [0, 0.1) is 19.8 Å². The average Bonchev–Trinajstić information content (AvgIpc) is 2.64. The van der Waals surface area contributed by atoms with Gasteiger partial charge in [0.2, 0.25) is 0 Å². The van der Waals surface area contributed by atoms with Crippen LogP contribution in [-0.4, -0.2) is 21.8 Å². The molecule has 0 saturated carbocycles. The van der Waals surface area contributed by atoms with Crippen LogP contribution in [0.15, 0.2) is 18.3 Å². The molecule has 0 aromatic carbocycles. The molecule has 0 aliphatic heterocycles. The molecule has 0 atom stereocenters. The summed E-state index contributed by atoms with van der Waals surface area (Å²) in [6.45, 7) is 8.70. The molecule has 2 aromatic rings. The number of nitrogens with zero attached hydrogens (tertiary/aromatic N) is 2. The Bertz CT molecular complexity index is 584. The van der Waals surface area contributed by atoms with Gasteiger partial charge in [0.1, 0.15) is 11.3 Å². The van der Waals surface area contributed by atoms with Crippen LogP contribution in [0.5, 0.6) is 0 Å². The number of hydrogen-bond acceptors (Lipinski definition) is 2. The molecular weight excluding hydrogens is 226 g/mol. The number of nitrogens with one attached hydrogen (secondary N) is 1. The van der Waals surface area contributed by atoms with Crippen molar-refractivity contribution in [3.8, 4) is 0 Å². The lowest BCUT2D eigenvalue weighted by atomic mass is 10.2. The number of aromatic nitrogens is 2. The maximum atomic E-state index is 12.2. The van der Waals surface area contributed by atoms with E-state index in [0.717, 1.165) is 16.9 Å². The Morgan fingerprint density at radius 2 is 2.17 bits per heavy atom. The van der Waals surface area contributed by atoms with Crippen LogP contribution in [0.2, 0.25) is 0 Å². The third-order valence-electron chi connectivity index (χ3n) is 2.91. The van der Waals surface area contributed by atoms with E-state index in [2.05, 4.69) is 24.1 Å². The van der Waals surface area contributed by atoms with Crippen LogP contribution >= 0.6 is 0 Å². The Morgan fingerprint density at radius 1 is 1.44 bits per heavy atom. The van der Waals surface area contributed by atoms with Crippen molar-refractivity contribution in [3.63, 3.8) is 0 Å². The van der Waals surface area contributed by atoms with E-state index in [0.29, 0.717) is 18.2 Å². The van der Waals surface area contributed by atoms with E-state index in [1.165, 1.54) is 0 Å². The number of carbonyl (C=O) groups excluding carboxylic acids is 1. The molecule has 1 amide bonds. The second kappa shape index (κ2) is 4.80. The van der Waals surface area contributed by atoms with Gasteiger partial charge in [-0.05, 0) is 31.4 Å². The minimum absolute atomic E-state index is 0.0562. The number of aryl methyl sites for hydroxylation is 2. The van der Waals surface area contributed by atoms with E-state index in [1.54, 1.807) is 0 Å².